The van der Waals surface area contributed by atoms with Gasteiger partial charge >= 0.3 is 5.97 Å². The van der Waals surface area contributed by atoms with Crippen molar-refractivity contribution < 1.29 is 18.3 Å². The maximum Gasteiger partial charge on any atom is 0.311 e. The third-order valence-electron chi connectivity index (χ3n) is 5.05. The molecular weight excluding hydrogens is 316 g/mol. The van der Waals surface area contributed by atoms with E-state index in [4.69, 9.17) is 0 Å². The van der Waals surface area contributed by atoms with Gasteiger partial charge in [-0.15, -0.1) is 13.2 Å². The topological polar surface area (TPSA) is 77.9 Å². The fraction of sp³-hybridized carbons (Fsp3) is 0.688. The monoisotopic (exact) mass is 342 g/mol. The van der Waals surface area contributed by atoms with Gasteiger partial charge in [-0.3, -0.25) is 4.79 Å². The van der Waals surface area contributed by atoms with Crippen molar-refractivity contribution in [2.45, 2.75) is 44.6 Å². The zero-order chi connectivity index (χ0) is 17.1. The Morgan fingerprint density at radius 3 is 2.39 bits per heavy atom. The molecule has 0 radical (unpaired) electrons. The number of carboxylic acids is 1. The molecule has 2 atom stereocenters. The Bertz CT molecular complexity index is 561. The number of nitrogens with zero attached hydrogens (tertiary/aromatic N) is 2. The molecule has 0 aromatic carbocycles. The van der Waals surface area contributed by atoms with Crippen LogP contribution in [0.1, 0.15) is 38.5 Å². The summed E-state index contributed by atoms with van der Waals surface area (Å²) in [6.07, 6.45) is 7.10. The molecule has 0 spiro atoms. The number of rotatable bonds is 7. The van der Waals surface area contributed by atoms with Crippen LogP contribution in [0.25, 0.3) is 0 Å². The van der Waals surface area contributed by atoms with Crippen molar-refractivity contribution in [3.05, 3.63) is 25.3 Å². The van der Waals surface area contributed by atoms with E-state index in [1.54, 1.807) is 0 Å². The number of carboxylic acid groups (broad SMARTS) is 1. The Hall–Kier alpha value is -1.18. The van der Waals surface area contributed by atoms with Crippen LogP contribution in [0.15, 0.2) is 25.3 Å². The van der Waals surface area contributed by atoms with E-state index < -0.39 is 27.6 Å². The number of carbonyl (C=O) groups is 1. The largest absolute Gasteiger partial charge is 0.481 e. The number of piperidine rings is 1. The van der Waals surface area contributed by atoms with Crippen molar-refractivity contribution in [3.63, 3.8) is 0 Å². The second kappa shape index (κ2) is 7.15. The lowest BCUT2D eigenvalue weighted by Gasteiger charge is -2.50. The second-order valence-electron chi connectivity index (χ2n) is 6.34. The highest BCUT2D eigenvalue weighted by Crippen LogP contribution is 2.47. The van der Waals surface area contributed by atoms with E-state index in [1.807, 2.05) is 0 Å². The molecule has 2 aliphatic rings. The van der Waals surface area contributed by atoms with Crippen molar-refractivity contribution in [2.24, 2.45) is 5.41 Å². The average Bonchev–Trinajstić information content (AvgIpc) is 2.53. The molecule has 0 bridgehead atoms. The number of fused-ring (bicyclic) bond motifs is 1. The van der Waals surface area contributed by atoms with Crippen LogP contribution in [0.3, 0.4) is 0 Å². The van der Waals surface area contributed by atoms with E-state index in [0.29, 0.717) is 32.2 Å². The summed E-state index contributed by atoms with van der Waals surface area (Å²) in [5.74, 6) is -0.860. The molecule has 0 aromatic rings. The van der Waals surface area contributed by atoms with Gasteiger partial charge in [0.1, 0.15) is 0 Å². The summed E-state index contributed by atoms with van der Waals surface area (Å²) in [5, 5.41) is 9.79. The Morgan fingerprint density at radius 1 is 1.22 bits per heavy atom. The second-order valence-corrected chi connectivity index (χ2v) is 8.22. The lowest BCUT2D eigenvalue weighted by Crippen LogP contribution is -2.61. The Kier molecular flexibility index (Phi) is 5.65. The van der Waals surface area contributed by atoms with Gasteiger partial charge in [-0.25, -0.2) is 0 Å². The van der Waals surface area contributed by atoms with E-state index in [1.165, 1.54) is 20.8 Å². The lowest BCUT2D eigenvalue weighted by molar-refractivity contribution is -0.158. The first-order chi connectivity index (χ1) is 10.9. The molecule has 1 N–H and O–H groups in total. The van der Waals surface area contributed by atoms with Gasteiger partial charge in [-0.1, -0.05) is 25.0 Å². The fourth-order valence-corrected chi connectivity index (χ4v) is 5.84. The first-order valence-electron chi connectivity index (χ1n) is 8.12. The lowest BCUT2D eigenvalue weighted by atomic mass is 9.66. The van der Waals surface area contributed by atoms with Crippen LogP contribution in [0.2, 0.25) is 0 Å². The van der Waals surface area contributed by atoms with E-state index in [2.05, 4.69) is 13.2 Å². The van der Waals surface area contributed by atoms with Gasteiger partial charge in [0.25, 0.3) is 10.2 Å². The summed E-state index contributed by atoms with van der Waals surface area (Å²) in [5.41, 5.74) is -0.933. The predicted molar refractivity (Wildman–Crippen MR) is 89.2 cm³/mol. The summed E-state index contributed by atoms with van der Waals surface area (Å²) in [6, 6.07) is -0.454. The maximum absolute atomic E-state index is 13.0. The van der Waals surface area contributed by atoms with Crippen molar-refractivity contribution in [1.29, 1.82) is 0 Å². The predicted octanol–water partition coefficient (Wildman–Crippen LogP) is 2.01. The molecule has 2 fully saturated rings. The summed E-state index contributed by atoms with van der Waals surface area (Å²) >= 11 is 0. The van der Waals surface area contributed by atoms with Gasteiger partial charge < -0.3 is 5.11 Å². The minimum atomic E-state index is -3.73. The van der Waals surface area contributed by atoms with Crippen molar-refractivity contribution in [1.82, 2.24) is 8.61 Å². The highest BCUT2D eigenvalue weighted by Gasteiger charge is 2.54. The van der Waals surface area contributed by atoms with Gasteiger partial charge in [0.15, 0.2) is 0 Å². The molecular formula is C16H26N2O4S. The van der Waals surface area contributed by atoms with Crippen LogP contribution < -0.4 is 0 Å². The molecule has 1 saturated carbocycles. The molecule has 1 heterocycles. The molecule has 130 valence electrons. The first kappa shape index (κ1) is 18.2. The molecule has 6 nitrogen and oxygen atoms in total. The van der Waals surface area contributed by atoms with Crippen LogP contribution in [0, 0.1) is 5.41 Å². The highest BCUT2D eigenvalue weighted by atomic mass is 32.2. The van der Waals surface area contributed by atoms with Crippen molar-refractivity contribution >= 4 is 16.2 Å². The average molecular weight is 342 g/mol. The van der Waals surface area contributed by atoms with E-state index in [0.717, 1.165) is 12.8 Å². The molecule has 0 unspecified atom stereocenters. The fourth-order valence-electron chi connectivity index (χ4n) is 3.97. The molecule has 7 heteroatoms. The van der Waals surface area contributed by atoms with E-state index >= 15 is 0 Å². The molecule has 0 aromatic heterocycles. The summed E-state index contributed by atoms with van der Waals surface area (Å²) in [7, 11) is -3.73. The molecule has 1 saturated heterocycles. The van der Waals surface area contributed by atoms with Crippen molar-refractivity contribution in [2.75, 3.05) is 19.6 Å². The zero-order valence-electron chi connectivity index (χ0n) is 13.5. The van der Waals surface area contributed by atoms with Crippen LogP contribution in [0.5, 0.6) is 0 Å². The van der Waals surface area contributed by atoms with Crippen LogP contribution in [-0.2, 0) is 15.0 Å². The van der Waals surface area contributed by atoms with Gasteiger partial charge in [-0.05, 0) is 25.7 Å². The Labute approximate surface area is 138 Å². The molecule has 1 aliphatic carbocycles. The first-order valence-corrected chi connectivity index (χ1v) is 9.52. The molecule has 23 heavy (non-hydrogen) atoms. The summed E-state index contributed by atoms with van der Waals surface area (Å²) < 4.78 is 28.8. The van der Waals surface area contributed by atoms with Gasteiger partial charge in [-0.2, -0.15) is 17.0 Å². The highest BCUT2D eigenvalue weighted by molar-refractivity contribution is 7.86. The smallest absolute Gasteiger partial charge is 0.311 e. The van der Waals surface area contributed by atoms with Crippen molar-refractivity contribution in [3.8, 4) is 0 Å². The normalized spacial score (nSPS) is 29.0. The third kappa shape index (κ3) is 3.22. The van der Waals surface area contributed by atoms with Crippen LogP contribution in [-0.4, -0.2) is 53.8 Å². The SMILES string of the molecule is C=CCN(CC=C)S(=O)(=O)N1CCC[C@@]2(C(=O)O)CCCC[C@H]12. The minimum Gasteiger partial charge on any atom is -0.481 e. The van der Waals surface area contributed by atoms with E-state index in [9.17, 15) is 18.3 Å². The number of hydrogen-bond acceptors (Lipinski definition) is 3. The molecule has 2 rings (SSSR count). The van der Waals surface area contributed by atoms with Gasteiger partial charge in [0.2, 0.25) is 0 Å². The Morgan fingerprint density at radius 2 is 1.83 bits per heavy atom. The molecule has 0 amide bonds. The van der Waals surface area contributed by atoms with E-state index in [-0.39, 0.29) is 13.1 Å². The zero-order valence-corrected chi connectivity index (χ0v) is 14.3. The Balaban J connectivity index is 2.38. The summed E-state index contributed by atoms with van der Waals surface area (Å²) in [6.45, 7) is 7.99. The quantitative estimate of drug-likeness (QED) is 0.718. The van der Waals surface area contributed by atoms with Gasteiger partial charge in [0, 0.05) is 25.7 Å². The molecule has 1 aliphatic heterocycles. The maximum atomic E-state index is 13.0. The summed E-state index contributed by atoms with van der Waals surface area (Å²) in [4.78, 5) is 11.9. The number of hydrogen-bond donors (Lipinski definition) is 1. The minimum absolute atomic E-state index is 0.192. The van der Waals surface area contributed by atoms with Crippen LogP contribution in [0.4, 0.5) is 0 Å². The standard InChI is InChI=1S/C16H26N2O4S/c1-3-11-17(12-4-2)23(21,22)18-13-7-10-16(15(19)20)9-6-5-8-14(16)18/h3-4,14H,1-2,5-13H2,(H,19,20)/t14-,16-/m0/s1. The van der Waals surface area contributed by atoms with Gasteiger partial charge in [0.05, 0.1) is 5.41 Å². The van der Waals surface area contributed by atoms with Crippen LogP contribution >= 0.6 is 0 Å². The number of aliphatic carboxylic acids is 1. The third-order valence-corrected chi connectivity index (χ3v) is 7.03.